The van der Waals surface area contributed by atoms with Crippen LogP contribution in [0.2, 0.25) is 0 Å². The summed E-state index contributed by atoms with van der Waals surface area (Å²) < 4.78 is 6.21. The predicted molar refractivity (Wildman–Crippen MR) is 144 cm³/mol. The number of hydrogen-bond donors (Lipinski definition) is 2. The molecule has 36 heavy (non-hydrogen) atoms. The molecule has 0 unspecified atom stereocenters. The van der Waals surface area contributed by atoms with Crippen LogP contribution in [-0.4, -0.2) is 15.9 Å². The first-order valence-corrected chi connectivity index (χ1v) is 14.0. The molecular weight excluding hydrogens is 444 g/mol. The molecule has 188 valence electrons. The summed E-state index contributed by atoms with van der Waals surface area (Å²) in [6.45, 7) is 5.60. The predicted octanol–water partition coefficient (Wildman–Crippen LogP) is 7.53. The third-order valence-corrected chi connectivity index (χ3v) is 11.1. The Balaban J connectivity index is 1.19. The van der Waals surface area contributed by atoms with Crippen molar-refractivity contribution in [1.29, 1.82) is 0 Å². The number of benzene rings is 2. The first-order chi connectivity index (χ1) is 17.5. The van der Waals surface area contributed by atoms with E-state index in [9.17, 15) is 5.21 Å². The van der Waals surface area contributed by atoms with Crippen molar-refractivity contribution in [2.45, 2.75) is 71.8 Å². The number of oxime groups is 1. The highest BCUT2D eigenvalue weighted by molar-refractivity contribution is 5.92. The Morgan fingerprint density at radius 3 is 2.72 bits per heavy atom. The van der Waals surface area contributed by atoms with Crippen molar-refractivity contribution in [3.8, 4) is 5.75 Å². The van der Waals surface area contributed by atoms with Crippen LogP contribution in [0.3, 0.4) is 0 Å². The molecule has 0 aliphatic heterocycles. The molecule has 2 aromatic carbocycles. The van der Waals surface area contributed by atoms with Gasteiger partial charge in [-0.2, -0.15) is 0 Å². The Morgan fingerprint density at radius 2 is 1.89 bits per heavy atom. The highest BCUT2D eigenvalue weighted by atomic mass is 16.5. The summed E-state index contributed by atoms with van der Waals surface area (Å²) in [7, 11) is 0. The number of fused-ring (bicyclic) bond motifs is 8. The van der Waals surface area contributed by atoms with Gasteiger partial charge >= 0.3 is 0 Å². The van der Waals surface area contributed by atoms with Crippen LogP contribution in [0, 0.1) is 34.5 Å². The lowest BCUT2D eigenvalue weighted by molar-refractivity contribution is -0.0796. The number of rotatable bonds is 3. The summed E-state index contributed by atoms with van der Waals surface area (Å²) in [5.74, 6) is 3.92. The molecule has 0 bridgehead atoms. The molecule has 3 saturated carbocycles. The van der Waals surface area contributed by atoms with Crippen LogP contribution < -0.4 is 4.74 Å². The fourth-order valence-corrected chi connectivity index (χ4v) is 9.22. The molecule has 1 aromatic heterocycles. The number of hydrogen-bond acceptors (Lipinski definition) is 3. The fraction of sp³-hybridized carbons (Fsp3) is 0.531. The van der Waals surface area contributed by atoms with Gasteiger partial charge in [-0.05, 0) is 110 Å². The molecule has 0 radical (unpaired) electrons. The van der Waals surface area contributed by atoms with Gasteiger partial charge in [0.25, 0.3) is 0 Å². The number of nitrogens with zero attached hydrogens (tertiary/aromatic N) is 1. The lowest BCUT2D eigenvalue weighted by Gasteiger charge is -2.59. The monoisotopic (exact) mass is 482 g/mol. The van der Waals surface area contributed by atoms with E-state index in [1.807, 2.05) is 6.07 Å². The van der Waals surface area contributed by atoms with Gasteiger partial charge in [0.2, 0.25) is 0 Å². The second-order valence-corrected chi connectivity index (χ2v) is 12.6. The second-order valence-electron chi connectivity index (χ2n) is 12.6. The van der Waals surface area contributed by atoms with E-state index in [1.54, 1.807) is 0 Å². The van der Waals surface area contributed by atoms with E-state index in [4.69, 9.17) is 4.74 Å². The first-order valence-electron chi connectivity index (χ1n) is 14.0. The molecule has 4 nitrogen and oxygen atoms in total. The normalized spacial score (nSPS) is 36.2. The van der Waals surface area contributed by atoms with Crippen LogP contribution in [0.4, 0.5) is 0 Å². The standard InChI is InChI=1S/C32H38N2O2/c1-31-15-14-27-23(26(31)11-13-30(31)34-35)10-8-21-16-29-25(18-32(21,27)2)24-17-22(9-12-28(24)33-29)36-19-20-6-4-3-5-7-20/h3-7,9,12,17,21,23,26-27,33,35H,8,10-11,13-16,18-19H2,1-2H3/b34-30+/t21-,23+,26-,27-,31-,32-/m0/s1. The third kappa shape index (κ3) is 3.22. The minimum absolute atomic E-state index is 0.116. The van der Waals surface area contributed by atoms with E-state index in [0.29, 0.717) is 17.9 Å². The molecule has 4 heteroatoms. The van der Waals surface area contributed by atoms with E-state index in [0.717, 1.165) is 35.6 Å². The molecule has 6 atom stereocenters. The number of H-pyrrole nitrogens is 1. The van der Waals surface area contributed by atoms with Crippen molar-refractivity contribution in [1.82, 2.24) is 4.98 Å². The molecule has 4 aliphatic rings. The molecule has 4 aliphatic carbocycles. The van der Waals surface area contributed by atoms with Gasteiger partial charge in [-0.1, -0.05) is 49.3 Å². The maximum Gasteiger partial charge on any atom is 0.120 e. The van der Waals surface area contributed by atoms with Crippen molar-refractivity contribution < 1.29 is 9.94 Å². The Bertz CT molecular complexity index is 1330. The van der Waals surface area contributed by atoms with Gasteiger partial charge < -0.3 is 14.9 Å². The highest BCUT2D eigenvalue weighted by Gasteiger charge is 2.59. The number of ether oxygens (including phenoxy) is 1. The molecule has 3 aromatic rings. The van der Waals surface area contributed by atoms with Gasteiger partial charge in [-0.25, -0.2) is 0 Å². The number of nitrogens with one attached hydrogen (secondary N) is 1. The van der Waals surface area contributed by atoms with Crippen molar-refractivity contribution in [3.63, 3.8) is 0 Å². The van der Waals surface area contributed by atoms with E-state index < -0.39 is 0 Å². The summed E-state index contributed by atoms with van der Waals surface area (Å²) in [6.07, 6.45) is 9.66. The zero-order valence-corrected chi connectivity index (χ0v) is 21.6. The van der Waals surface area contributed by atoms with Gasteiger partial charge in [0, 0.05) is 22.0 Å². The zero-order valence-electron chi connectivity index (χ0n) is 21.6. The smallest absolute Gasteiger partial charge is 0.120 e. The number of aromatic nitrogens is 1. The molecule has 7 rings (SSSR count). The Labute approximate surface area is 214 Å². The highest BCUT2D eigenvalue weighted by Crippen LogP contribution is 2.65. The molecule has 2 N–H and O–H groups in total. The van der Waals surface area contributed by atoms with E-state index in [1.165, 1.54) is 72.7 Å². The molecule has 3 fully saturated rings. The van der Waals surface area contributed by atoms with Crippen molar-refractivity contribution >= 4 is 16.6 Å². The van der Waals surface area contributed by atoms with Crippen LogP contribution in [0.5, 0.6) is 5.75 Å². The average Bonchev–Trinajstić information content (AvgIpc) is 3.42. The minimum atomic E-state index is 0.116. The SMILES string of the molecule is C[C@]12Cc3c([nH]c4ccc(OCc5ccccc5)cc34)C[C@@H]1CC[C@H]1[C@@H]2CC[C@]2(C)/C(=N/O)CC[C@@H]12. The Kier molecular flexibility index (Phi) is 5.07. The van der Waals surface area contributed by atoms with E-state index >= 15 is 0 Å². The maximum absolute atomic E-state index is 9.69. The van der Waals surface area contributed by atoms with Crippen LogP contribution in [-0.2, 0) is 19.4 Å². The van der Waals surface area contributed by atoms with Gasteiger partial charge in [0.1, 0.15) is 12.4 Å². The average molecular weight is 483 g/mol. The summed E-state index contributed by atoms with van der Waals surface area (Å²) >= 11 is 0. The summed E-state index contributed by atoms with van der Waals surface area (Å²) in [4.78, 5) is 3.80. The molecule has 0 spiro atoms. The topological polar surface area (TPSA) is 57.6 Å². The van der Waals surface area contributed by atoms with Crippen molar-refractivity contribution in [3.05, 3.63) is 65.4 Å². The number of aromatic amines is 1. The van der Waals surface area contributed by atoms with Crippen LogP contribution in [0.25, 0.3) is 10.9 Å². The summed E-state index contributed by atoms with van der Waals surface area (Å²) in [6, 6.07) is 17.0. The van der Waals surface area contributed by atoms with Gasteiger partial charge in [0.05, 0.1) is 5.71 Å². The van der Waals surface area contributed by atoms with Crippen LogP contribution in [0.15, 0.2) is 53.7 Å². The Morgan fingerprint density at radius 1 is 1.03 bits per heavy atom. The second kappa shape index (κ2) is 8.13. The molecule has 0 saturated heterocycles. The van der Waals surface area contributed by atoms with Gasteiger partial charge in [-0.15, -0.1) is 0 Å². The van der Waals surface area contributed by atoms with Crippen molar-refractivity contribution in [2.24, 2.45) is 39.7 Å². The van der Waals surface area contributed by atoms with Crippen molar-refractivity contribution in [2.75, 3.05) is 0 Å². The lowest BCUT2D eigenvalue weighted by Crippen LogP contribution is -2.54. The third-order valence-electron chi connectivity index (χ3n) is 11.1. The molecule has 1 heterocycles. The van der Waals surface area contributed by atoms with Gasteiger partial charge in [0.15, 0.2) is 0 Å². The maximum atomic E-state index is 9.69. The summed E-state index contributed by atoms with van der Waals surface area (Å²) in [5, 5.41) is 14.8. The van der Waals surface area contributed by atoms with Crippen LogP contribution >= 0.6 is 0 Å². The Hall–Kier alpha value is -2.75. The van der Waals surface area contributed by atoms with E-state index in [2.05, 4.69) is 66.5 Å². The zero-order chi connectivity index (χ0) is 24.5. The summed E-state index contributed by atoms with van der Waals surface area (Å²) in [5.41, 5.74) is 6.97. The minimum Gasteiger partial charge on any atom is -0.489 e. The van der Waals surface area contributed by atoms with E-state index in [-0.39, 0.29) is 5.41 Å². The van der Waals surface area contributed by atoms with Gasteiger partial charge in [-0.3, -0.25) is 0 Å². The largest absolute Gasteiger partial charge is 0.489 e. The van der Waals surface area contributed by atoms with Crippen LogP contribution in [0.1, 0.15) is 69.2 Å². The lowest BCUT2D eigenvalue weighted by atomic mass is 9.45. The quantitative estimate of drug-likeness (QED) is 0.299. The molecular formula is C32H38N2O2. The fourth-order valence-electron chi connectivity index (χ4n) is 9.22. The molecule has 0 amide bonds. The first kappa shape index (κ1) is 22.4.